The Hall–Kier alpha value is -1.59. The molecule has 0 fully saturated rings. The number of rotatable bonds is 9. The standard InChI is InChI=1S/C16H26N2O3/c1-12(2)18-16(3,15(17)19)8-9-21-14-7-5-6-13(10-14)11-20-4/h5-7,10,12,18H,8-9,11H2,1-4H3,(H2,17,19). The molecule has 1 rings (SSSR count). The number of nitrogens with one attached hydrogen (secondary N) is 1. The van der Waals surface area contributed by atoms with E-state index >= 15 is 0 Å². The predicted molar refractivity (Wildman–Crippen MR) is 83.1 cm³/mol. The molecular weight excluding hydrogens is 268 g/mol. The van der Waals surface area contributed by atoms with Crippen LogP contribution >= 0.6 is 0 Å². The normalized spacial score (nSPS) is 14.0. The summed E-state index contributed by atoms with van der Waals surface area (Å²) in [5.41, 5.74) is 5.77. The van der Waals surface area contributed by atoms with Crippen LogP contribution in [0.2, 0.25) is 0 Å². The lowest BCUT2D eigenvalue weighted by Crippen LogP contribution is -2.56. The van der Waals surface area contributed by atoms with Crippen LogP contribution in [0.15, 0.2) is 24.3 Å². The van der Waals surface area contributed by atoms with Crippen molar-refractivity contribution in [2.75, 3.05) is 13.7 Å². The Morgan fingerprint density at radius 3 is 2.71 bits per heavy atom. The first-order valence-electron chi connectivity index (χ1n) is 7.15. The lowest BCUT2D eigenvalue weighted by atomic mass is 9.96. The summed E-state index contributed by atoms with van der Waals surface area (Å²) in [6, 6.07) is 7.89. The van der Waals surface area contributed by atoms with Crippen LogP contribution in [-0.2, 0) is 16.1 Å². The summed E-state index contributed by atoms with van der Waals surface area (Å²) >= 11 is 0. The molecular formula is C16H26N2O3. The highest BCUT2D eigenvalue weighted by atomic mass is 16.5. The van der Waals surface area contributed by atoms with Crippen LogP contribution in [0.1, 0.15) is 32.8 Å². The molecule has 1 aromatic carbocycles. The molecule has 1 unspecified atom stereocenters. The first-order valence-corrected chi connectivity index (χ1v) is 7.15. The van der Waals surface area contributed by atoms with E-state index in [0.29, 0.717) is 19.6 Å². The predicted octanol–water partition coefficient (Wildman–Crippen LogP) is 1.84. The van der Waals surface area contributed by atoms with Gasteiger partial charge in [-0.2, -0.15) is 0 Å². The molecule has 0 aliphatic heterocycles. The van der Waals surface area contributed by atoms with Gasteiger partial charge in [0.2, 0.25) is 5.91 Å². The third kappa shape index (κ3) is 5.73. The van der Waals surface area contributed by atoms with Gasteiger partial charge in [0.25, 0.3) is 0 Å². The van der Waals surface area contributed by atoms with E-state index in [1.807, 2.05) is 38.1 Å². The van der Waals surface area contributed by atoms with Gasteiger partial charge in [-0.05, 0) is 38.5 Å². The summed E-state index contributed by atoms with van der Waals surface area (Å²) < 4.78 is 10.8. The lowest BCUT2D eigenvalue weighted by Gasteiger charge is -2.29. The lowest BCUT2D eigenvalue weighted by molar-refractivity contribution is -0.124. The average molecular weight is 294 g/mol. The van der Waals surface area contributed by atoms with Gasteiger partial charge in [0, 0.05) is 19.6 Å². The minimum Gasteiger partial charge on any atom is -0.493 e. The molecule has 0 saturated heterocycles. The molecule has 5 nitrogen and oxygen atoms in total. The number of carbonyl (C=O) groups is 1. The summed E-state index contributed by atoms with van der Waals surface area (Å²) in [6.45, 7) is 6.73. The summed E-state index contributed by atoms with van der Waals surface area (Å²) in [6.07, 6.45) is 0.509. The Morgan fingerprint density at radius 2 is 2.14 bits per heavy atom. The number of primary amides is 1. The number of amides is 1. The monoisotopic (exact) mass is 294 g/mol. The van der Waals surface area contributed by atoms with E-state index < -0.39 is 5.54 Å². The summed E-state index contributed by atoms with van der Waals surface area (Å²) in [4.78, 5) is 11.6. The average Bonchev–Trinajstić information content (AvgIpc) is 2.38. The van der Waals surface area contributed by atoms with Crippen LogP contribution in [0.4, 0.5) is 0 Å². The van der Waals surface area contributed by atoms with E-state index in [1.54, 1.807) is 14.0 Å². The number of benzene rings is 1. The highest BCUT2D eigenvalue weighted by Gasteiger charge is 2.31. The van der Waals surface area contributed by atoms with E-state index in [1.165, 1.54) is 0 Å². The summed E-state index contributed by atoms with van der Waals surface area (Å²) in [5.74, 6) is 0.397. The van der Waals surface area contributed by atoms with Gasteiger partial charge in [-0.15, -0.1) is 0 Å². The van der Waals surface area contributed by atoms with Gasteiger partial charge < -0.3 is 20.5 Å². The second kappa shape index (κ2) is 8.00. The smallest absolute Gasteiger partial charge is 0.237 e. The third-order valence-corrected chi connectivity index (χ3v) is 3.23. The summed E-state index contributed by atoms with van der Waals surface area (Å²) in [5, 5.41) is 3.20. The van der Waals surface area contributed by atoms with E-state index in [-0.39, 0.29) is 11.9 Å². The minimum absolute atomic E-state index is 0.174. The molecule has 0 aliphatic carbocycles. The molecule has 0 aliphatic rings. The molecule has 3 N–H and O–H groups in total. The molecule has 0 saturated carbocycles. The fourth-order valence-electron chi connectivity index (χ4n) is 2.17. The van der Waals surface area contributed by atoms with E-state index in [4.69, 9.17) is 15.2 Å². The number of carbonyl (C=O) groups excluding carboxylic acids is 1. The van der Waals surface area contributed by atoms with Crippen molar-refractivity contribution in [2.24, 2.45) is 5.73 Å². The van der Waals surface area contributed by atoms with E-state index in [2.05, 4.69) is 5.32 Å². The number of hydrogen-bond donors (Lipinski definition) is 2. The molecule has 0 bridgehead atoms. The molecule has 5 heteroatoms. The molecule has 1 atom stereocenters. The van der Waals surface area contributed by atoms with Gasteiger partial charge in [0.1, 0.15) is 5.75 Å². The van der Waals surface area contributed by atoms with Crippen LogP contribution in [0, 0.1) is 0 Å². The summed E-state index contributed by atoms with van der Waals surface area (Å²) in [7, 11) is 1.66. The maximum atomic E-state index is 11.6. The Bertz CT molecular complexity index is 463. The second-order valence-electron chi connectivity index (χ2n) is 5.67. The maximum Gasteiger partial charge on any atom is 0.237 e. The number of methoxy groups -OCH3 is 1. The van der Waals surface area contributed by atoms with Crippen LogP contribution in [-0.4, -0.2) is 31.2 Å². The van der Waals surface area contributed by atoms with Crippen LogP contribution < -0.4 is 15.8 Å². The highest BCUT2D eigenvalue weighted by molar-refractivity contribution is 5.84. The highest BCUT2D eigenvalue weighted by Crippen LogP contribution is 2.16. The second-order valence-corrected chi connectivity index (χ2v) is 5.67. The van der Waals surface area contributed by atoms with Gasteiger partial charge in [-0.1, -0.05) is 12.1 Å². The quantitative estimate of drug-likeness (QED) is 0.729. The Labute approximate surface area is 126 Å². The molecule has 0 aromatic heterocycles. The molecule has 0 heterocycles. The van der Waals surface area contributed by atoms with Crippen molar-refractivity contribution in [3.8, 4) is 5.75 Å². The molecule has 0 spiro atoms. The number of nitrogens with two attached hydrogens (primary N) is 1. The van der Waals surface area contributed by atoms with Crippen molar-refractivity contribution in [3.63, 3.8) is 0 Å². The van der Waals surface area contributed by atoms with Crippen LogP contribution in [0.3, 0.4) is 0 Å². The number of hydrogen-bond acceptors (Lipinski definition) is 4. The Balaban J connectivity index is 2.58. The van der Waals surface area contributed by atoms with Crippen molar-refractivity contribution in [3.05, 3.63) is 29.8 Å². The van der Waals surface area contributed by atoms with Crippen molar-refractivity contribution in [1.29, 1.82) is 0 Å². The van der Waals surface area contributed by atoms with Crippen molar-refractivity contribution in [1.82, 2.24) is 5.32 Å². The SMILES string of the molecule is COCc1cccc(OCCC(C)(NC(C)C)C(N)=O)c1. The molecule has 118 valence electrons. The fourth-order valence-corrected chi connectivity index (χ4v) is 2.17. The zero-order valence-corrected chi connectivity index (χ0v) is 13.3. The minimum atomic E-state index is -0.766. The van der Waals surface area contributed by atoms with Gasteiger partial charge in [0.05, 0.1) is 18.8 Å². The largest absolute Gasteiger partial charge is 0.493 e. The van der Waals surface area contributed by atoms with Crippen molar-refractivity contribution in [2.45, 2.75) is 45.4 Å². The molecule has 1 aromatic rings. The zero-order chi connectivity index (χ0) is 15.9. The fraction of sp³-hybridized carbons (Fsp3) is 0.562. The Morgan fingerprint density at radius 1 is 1.43 bits per heavy atom. The van der Waals surface area contributed by atoms with E-state index in [9.17, 15) is 4.79 Å². The van der Waals surface area contributed by atoms with Gasteiger partial charge in [-0.3, -0.25) is 4.79 Å². The topological polar surface area (TPSA) is 73.6 Å². The molecule has 0 radical (unpaired) electrons. The van der Waals surface area contributed by atoms with E-state index in [0.717, 1.165) is 11.3 Å². The van der Waals surface area contributed by atoms with Gasteiger partial charge in [-0.25, -0.2) is 0 Å². The third-order valence-electron chi connectivity index (χ3n) is 3.23. The van der Waals surface area contributed by atoms with Crippen LogP contribution in [0.25, 0.3) is 0 Å². The number of ether oxygens (including phenoxy) is 2. The Kier molecular flexibility index (Phi) is 6.65. The zero-order valence-electron chi connectivity index (χ0n) is 13.3. The van der Waals surface area contributed by atoms with Gasteiger partial charge >= 0.3 is 0 Å². The molecule has 21 heavy (non-hydrogen) atoms. The molecule has 1 amide bonds. The van der Waals surface area contributed by atoms with Crippen molar-refractivity contribution < 1.29 is 14.3 Å². The van der Waals surface area contributed by atoms with Crippen LogP contribution in [0.5, 0.6) is 5.75 Å². The van der Waals surface area contributed by atoms with Gasteiger partial charge in [0.15, 0.2) is 0 Å². The first-order chi connectivity index (χ1) is 9.87. The maximum absolute atomic E-state index is 11.6. The first kappa shape index (κ1) is 17.5. The van der Waals surface area contributed by atoms with Crippen molar-refractivity contribution >= 4 is 5.91 Å².